The fourth-order valence-corrected chi connectivity index (χ4v) is 2.32. The smallest absolute Gasteiger partial charge is 0.205 e. The molecule has 6 nitrogen and oxygen atoms in total. The van der Waals surface area contributed by atoms with Crippen LogP contribution in [0.5, 0.6) is 0 Å². The van der Waals surface area contributed by atoms with Crippen molar-refractivity contribution in [1.82, 2.24) is 14.9 Å². The van der Waals surface area contributed by atoms with Gasteiger partial charge in [0.05, 0.1) is 12.7 Å². The minimum Gasteiger partial charge on any atom is -0.384 e. The van der Waals surface area contributed by atoms with Gasteiger partial charge in [0.1, 0.15) is 11.3 Å². The minimum atomic E-state index is -1.14. The first-order valence-corrected chi connectivity index (χ1v) is 7.70. The Balaban J connectivity index is 1.66. The minimum absolute atomic E-state index is 0.142. The van der Waals surface area contributed by atoms with Crippen molar-refractivity contribution in [2.75, 3.05) is 0 Å². The number of aromatic nitrogens is 3. The van der Waals surface area contributed by atoms with Gasteiger partial charge in [0.25, 0.3) is 0 Å². The lowest BCUT2D eigenvalue weighted by Gasteiger charge is -2.11. The summed E-state index contributed by atoms with van der Waals surface area (Å²) in [6.07, 6.45) is 3.70. The van der Waals surface area contributed by atoms with E-state index in [9.17, 15) is 9.90 Å². The molecule has 0 fully saturated rings. The predicted octanol–water partition coefficient (Wildman–Crippen LogP) is 2.57. The molecule has 0 aliphatic heterocycles. The fraction of sp³-hybridized carbons (Fsp3) is 0.278. The third kappa shape index (κ3) is 3.78. The molecule has 3 aromatic rings. The Kier molecular flexibility index (Phi) is 4.31. The average Bonchev–Trinajstić information content (AvgIpc) is 3.17. The summed E-state index contributed by atoms with van der Waals surface area (Å²) in [7, 11) is 0. The summed E-state index contributed by atoms with van der Waals surface area (Å²) in [6.45, 7) is 3.83. The lowest BCUT2D eigenvalue weighted by molar-refractivity contribution is 0.0697. The Hall–Kier alpha value is -2.73. The van der Waals surface area contributed by atoms with E-state index in [0.29, 0.717) is 12.2 Å². The summed E-state index contributed by atoms with van der Waals surface area (Å²) in [5, 5.41) is 17.9. The van der Waals surface area contributed by atoms with Crippen molar-refractivity contribution >= 4 is 5.78 Å². The van der Waals surface area contributed by atoms with E-state index in [1.807, 2.05) is 36.5 Å². The molecule has 0 aliphatic carbocycles. The van der Waals surface area contributed by atoms with Gasteiger partial charge >= 0.3 is 0 Å². The van der Waals surface area contributed by atoms with Crippen LogP contribution in [0.15, 0.2) is 53.3 Å². The maximum Gasteiger partial charge on any atom is 0.205 e. The zero-order valence-corrected chi connectivity index (χ0v) is 13.6. The van der Waals surface area contributed by atoms with Crippen molar-refractivity contribution in [1.29, 1.82) is 0 Å². The highest BCUT2D eigenvalue weighted by atomic mass is 16.5. The van der Waals surface area contributed by atoms with Crippen LogP contribution in [0.3, 0.4) is 0 Å². The van der Waals surface area contributed by atoms with Crippen LogP contribution in [0.25, 0.3) is 0 Å². The van der Waals surface area contributed by atoms with Gasteiger partial charge in [0.2, 0.25) is 11.5 Å². The maximum atomic E-state index is 12.3. The number of Topliss-reactive ketones (excluding diaryl/α,β-unsaturated/α-hetero) is 1. The van der Waals surface area contributed by atoms with E-state index >= 15 is 0 Å². The van der Waals surface area contributed by atoms with E-state index in [2.05, 4.69) is 10.3 Å². The maximum absolute atomic E-state index is 12.3. The van der Waals surface area contributed by atoms with Gasteiger partial charge in [-0.3, -0.25) is 9.48 Å². The van der Waals surface area contributed by atoms with Crippen LogP contribution < -0.4 is 0 Å². The van der Waals surface area contributed by atoms with Crippen LogP contribution in [0.1, 0.15) is 41.2 Å². The molecule has 3 rings (SSSR count). The number of carbonyl (C=O) groups excluding carboxylic acids is 1. The Morgan fingerprint density at radius 3 is 2.67 bits per heavy atom. The monoisotopic (exact) mass is 325 g/mol. The number of aliphatic hydroxyl groups is 1. The highest BCUT2D eigenvalue weighted by Crippen LogP contribution is 2.20. The molecule has 0 amide bonds. The molecule has 24 heavy (non-hydrogen) atoms. The summed E-state index contributed by atoms with van der Waals surface area (Å²) >= 11 is 0. The fourth-order valence-electron chi connectivity index (χ4n) is 2.32. The number of ketones is 1. The summed E-state index contributed by atoms with van der Waals surface area (Å²) in [5.41, 5.74) is 1.15. The van der Waals surface area contributed by atoms with Crippen molar-refractivity contribution in [2.24, 2.45) is 0 Å². The van der Waals surface area contributed by atoms with E-state index in [4.69, 9.17) is 4.52 Å². The number of carbonyl (C=O) groups is 1. The second-order valence-corrected chi connectivity index (χ2v) is 6.27. The first-order valence-electron chi connectivity index (χ1n) is 7.70. The van der Waals surface area contributed by atoms with E-state index in [0.717, 1.165) is 11.1 Å². The molecule has 2 heterocycles. The van der Waals surface area contributed by atoms with Crippen molar-refractivity contribution in [3.05, 3.63) is 71.4 Å². The highest BCUT2D eigenvalue weighted by molar-refractivity contribution is 5.94. The van der Waals surface area contributed by atoms with Gasteiger partial charge < -0.3 is 9.63 Å². The first-order chi connectivity index (χ1) is 11.4. The molecule has 6 heteroatoms. The van der Waals surface area contributed by atoms with Crippen LogP contribution in [-0.4, -0.2) is 25.8 Å². The van der Waals surface area contributed by atoms with Crippen LogP contribution >= 0.6 is 0 Å². The number of nitrogens with zero attached hydrogens (tertiary/aromatic N) is 3. The zero-order chi connectivity index (χ0) is 17.2. The van der Waals surface area contributed by atoms with Gasteiger partial charge in [-0.15, -0.1) is 0 Å². The molecule has 1 N–H and O–H groups in total. The van der Waals surface area contributed by atoms with E-state index in [1.54, 1.807) is 24.7 Å². The molecule has 0 atom stereocenters. The predicted molar refractivity (Wildman–Crippen MR) is 87.6 cm³/mol. The third-order valence-corrected chi connectivity index (χ3v) is 3.65. The molecular formula is C18H19N3O3. The molecule has 0 unspecified atom stereocenters. The average molecular weight is 325 g/mol. The largest absolute Gasteiger partial charge is 0.384 e. The van der Waals surface area contributed by atoms with Crippen molar-refractivity contribution < 1.29 is 14.4 Å². The lowest BCUT2D eigenvalue weighted by atomic mass is 10.0. The molecule has 0 saturated carbocycles. The molecular weight excluding hydrogens is 306 g/mol. The number of hydrogen-bond donors (Lipinski definition) is 1. The van der Waals surface area contributed by atoms with Crippen LogP contribution in [-0.2, 0) is 18.6 Å². The third-order valence-electron chi connectivity index (χ3n) is 3.65. The second kappa shape index (κ2) is 6.41. The Morgan fingerprint density at radius 1 is 1.25 bits per heavy atom. The number of rotatable bonds is 6. The summed E-state index contributed by atoms with van der Waals surface area (Å²) in [4.78, 5) is 12.3. The first kappa shape index (κ1) is 16.1. The molecule has 0 radical (unpaired) electrons. The van der Waals surface area contributed by atoms with Crippen LogP contribution in [0.4, 0.5) is 0 Å². The zero-order valence-electron chi connectivity index (χ0n) is 13.6. The summed E-state index contributed by atoms with van der Waals surface area (Å²) < 4.78 is 6.83. The normalized spacial score (nSPS) is 11.6. The molecule has 0 saturated heterocycles. The molecule has 124 valence electrons. The van der Waals surface area contributed by atoms with E-state index in [1.165, 1.54) is 6.07 Å². The van der Waals surface area contributed by atoms with Crippen molar-refractivity contribution in [3.8, 4) is 0 Å². The van der Waals surface area contributed by atoms with Crippen molar-refractivity contribution in [2.45, 2.75) is 32.4 Å². The topological polar surface area (TPSA) is 81.1 Å². The molecule has 0 spiro atoms. The lowest BCUT2D eigenvalue weighted by Crippen LogP contribution is -2.15. The quantitative estimate of drug-likeness (QED) is 0.705. The van der Waals surface area contributed by atoms with Gasteiger partial charge in [0.15, 0.2) is 0 Å². The van der Waals surface area contributed by atoms with Crippen molar-refractivity contribution in [3.63, 3.8) is 0 Å². The molecule has 0 aliphatic rings. The number of benzene rings is 1. The SMILES string of the molecule is CC(C)(O)c1cc(C(=O)Cc2cnn(Cc3ccccc3)c2)on1. The van der Waals surface area contributed by atoms with E-state index < -0.39 is 5.60 Å². The second-order valence-electron chi connectivity index (χ2n) is 6.27. The van der Waals surface area contributed by atoms with Gasteiger partial charge in [-0.1, -0.05) is 35.5 Å². The molecule has 2 aromatic heterocycles. The van der Waals surface area contributed by atoms with Gasteiger partial charge in [-0.25, -0.2) is 0 Å². The van der Waals surface area contributed by atoms with Gasteiger partial charge in [-0.2, -0.15) is 5.10 Å². The van der Waals surface area contributed by atoms with Gasteiger partial charge in [-0.05, 0) is 25.0 Å². The Morgan fingerprint density at radius 2 is 2.00 bits per heavy atom. The summed E-state index contributed by atoms with van der Waals surface area (Å²) in [5.74, 6) is -0.0554. The summed E-state index contributed by atoms with van der Waals surface area (Å²) in [6, 6.07) is 11.5. The van der Waals surface area contributed by atoms with Crippen LogP contribution in [0, 0.1) is 0 Å². The standard InChI is InChI=1S/C18H19N3O3/c1-18(2,23)17-9-16(24-20-17)15(22)8-14-10-19-21(12-14)11-13-6-4-3-5-7-13/h3-7,9-10,12,23H,8,11H2,1-2H3. The number of hydrogen-bond acceptors (Lipinski definition) is 5. The molecule has 0 bridgehead atoms. The Bertz CT molecular complexity index is 829. The highest BCUT2D eigenvalue weighted by Gasteiger charge is 2.23. The van der Waals surface area contributed by atoms with Gasteiger partial charge in [0, 0.05) is 18.7 Å². The van der Waals surface area contributed by atoms with Crippen LogP contribution in [0.2, 0.25) is 0 Å². The van der Waals surface area contributed by atoms with E-state index in [-0.39, 0.29) is 18.0 Å². The Labute approximate surface area is 139 Å². The molecule has 1 aromatic carbocycles.